The second-order valence-corrected chi connectivity index (χ2v) is 3.59. The van der Waals surface area contributed by atoms with Crippen molar-refractivity contribution < 1.29 is 4.39 Å². The maximum Gasteiger partial charge on any atom is 0.126 e. The molecule has 2 rings (SSSR count). The van der Waals surface area contributed by atoms with E-state index in [0.29, 0.717) is 10.7 Å². The first-order valence-electron chi connectivity index (χ1n) is 4.53. The molecular formula is C11H10ClFN2. The van der Waals surface area contributed by atoms with Crippen molar-refractivity contribution in [3.05, 3.63) is 53.1 Å². The smallest absolute Gasteiger partial charge is 0.126 e. The Labute approximate surface area is 92.1 Å². The Morgan fingerprint density at radius 1 is 1.27 bits per heavy atom. The summed E-state index contributed by atoms with van der Waals surface area (Å²) in [5.74, 6) is -0.360. The molecule has 0 aliphatic rings. The first-order valence-corrected chi connectivity index (χ1v) is 4.91. The van der Waals surface area contributed by atoms with Gasteiger partial charge in [0.15, 0.2) is 0 Å². The van der Waals surface area contributed by atoms with Crippen LogP contribution in [0, 0.1) is 5.82 Å². The van der Waals surface area contributed by atoms with Crippen molar-refractivity contribution in [2.24, 2.45) is 5.73 Å². The monoisotopic (exact) mass is 224 g/mol. The van der Waals surface area contributed by atoms with Gasteiger partial charge in [-0.1, -0.05) is 11.6 Å². The molecule has 2 nitrogen and oxygen atoms in total. The van der Waals surface area contributed by atoms with Crippen LogP contribution in [0.4, 0.5) is 4.39 Å². The summed E-state index contributed by atoms with van der Waals surface area (Å²) in [4.78, 5) is 0. The molecule has 0 aliphatic carbocycles. The SMILES string of the molecule is NCc1c(Cl)cc(F)cc1-n1cccc1. The number of nitrogens with two attached hydrogens (primary N) is 1. The van der Waals surface area contributed by atoms with Gasteiger partial charge in [0.1, 0.15) is 5.82 Å². The van der Waals surface area contributed by atoms with Gasteiger partial charge in [-0.25, -0.2) is 4.39 Å². The van der Waals surface area contributed by atoms with Gasteiger partial charge in [0.2, 0.25) is 0 Å². The van der Waals surface area contributed by atoms with Crippen LogP contribution in [-0.2, 0) is 6.54 Å². The number of benzene rings is 1. The summed E-state index contributed by atoms with van der Waals surface area (Å²) in [5, 5.41) is 0.362. The van der Waals surface area contributed by atoms with E-state index >= 15 is 0 Å². The maximum atomic E-state index is 13.2. The van der Waals surface area contributed by atoms with Gasteiger partial charge in [-0.2, -0.15) is 0 Å². The number of nitrogens with zero attached hydrogens (tertiary/aromatic N) is 1. The molecule has 15 heavy (non-hydrogen) atoms. The van der Waals surface area contributed by atoms with E-state index in [-0.39, 0.29) is 12.4 Å². The molecule has 0 bridgehead atoms. The van der Waals surface area contributed by atoms with Crippen LogP contribution in [0.3, 0.4) is 0 Å². The van der Waals surface area contributed by atoms with E-state index in [2.05, 4.69) is 0 Å². The highest BCUT2D eigenvalue weighted by Gasteiger charge is 2.09. The predicted molar refractivity (Wildman–Crippen MR) is 58.6 cm³/mol. The lowest BCUT2D eigenvalue weighted by atomic mass is 10.1. The number of halogens is 2. The lowest BCUT2D eigenvalue weighted by Gasteiger charge is -2.11. The molecule has 0 radical (unpaired) electrons. The molecule has 0 aliphatic heterocycles. The molecule has 1 aromatic heterocycles. The van der Waals surface area contributed by atoms with Crippen molar-refractivity contribution in [3.8, 4) is 5.69 Å². The number of hydrogen-bond acceptors (Lipinski definition) is 1. The Kier molecular flexibility index (Phi) is 2.75. The lowest BCUT2D eigenvalue weighted by Crippen LogP contribution is -2.05. The minimum atomic E-state index is -0.360. The van der Waals surface area contributed by atoms with E-state index in [1.165, 1.54) is 12.1 Å². The fourth-order valence-corrected chi connectivity index (χ4v) is 1.80. The number of rotatable bonds is 2. The first-order chi connectivity index (χ1) is 7.22. The fraction of sp³-hybridized carbons (Fsp3) is 0.0909. The highest BCUT2D eigenvalue weighted by atomic mass is 35.5. The van der Waals surface area contributed by atoms with Gasteiger partial charge in [-0.3, -0.25) is 0 Å². The fourth-order valence-electron chi connectivity index (χ4n) is 1.52. The Hall–Kier alpha value is -1.32. The molecule has 1 heterocycles. The van der Waals surface area contributed by atoms with Crippen LogP contribution in [0.1, 0.15) is 5.56 Å². The molecule has 0 amide bonds. The highest BCUT2D eigenvalue weighted by molar-refractivity contribution is 6.31. The Morgan fingerprint density at radius 3 is 2.53 bits per heavy atom. The van der Waals surface area contributed by atoms with Crippen LogP contribution in [0.15, 0.2) is 36.7 Å². The molecule has 2 aromatic rings. The van der Waals surface area contributed by atoms with Gasteiger partial charge in [0, 0.05) is 24.5 Å². The van der Waals surface area contributed by atoms with E-state index in [1.54, 1.807) is 4.57 Å². The molecule has 0 unspecified atom stereocenters. The maximum absolute atomic E-state index is 13.2. The average molecular weight is 225 g/mol. The summed E-state index contributed by atoms with van der Waals surface area (Å²) >= 11 is 5.92. The van der Waals surface area contributed by atoms with Crippen LogP contribution >= 0.6 is 11.6 Å². The third-order valence-electron chi connectivity index (χ3n) is 2.22. The second kappa shape index (κ2) is 4.04. The van der Waals surface area contributed by atoms with Crippen molar-refractivity contribution in [3.63, 3.8) is 0 Å². The van der Waals surface area contributed by atoms with Crippen LogP contribution in [-0.4, -0.2) is 4.57 Å². The first kappa shape index (κ1) is 10.2. The zero-order valence-corrected chi connectivity index (χ0v) is 8.71. The van der Waals surface area contributed by atoms with E-state index < -0.39 is 0 Å². The molecule has 0 spiro atoms. The Balaban J connectivity index is 2.64. The van der Waals surface area contributed by atoms with Crippen LogP contribution in [0.25, 0.3) is 5.69 Å². The lowest BCUT2D eigenvalue weighted by molar-refractivity contribution is 0.625. The molecular weight excluding hydrogens is 215 g/mol. The van der Waals surface area contributed by atoms with E-state index in [9.17, 15) is 4.39 Å². The number of hydrogen-bond donors (Lipinski definition) is 1. The molecule has 1 aromatic carbocycles. The summed E-state index contributed by atoms with van der Waals surface area (Å²) in [7, 11) is 0. The van der Waals surface area contributed by atoms with Crippen molar-refractivity contribution in [2.75, 3.05) is 0 Å². The van der Waals surface area contributed by atoms with Crippen LogP contribution < -0.4 is 5.73 Å². The zero-order chi connectivity index (χ0) is 10.8. The van der Waals surface area contributed by atoms with Crippen molar-refractivity contribution in [1.82, 2.24) is 4.57 Å². The largest absolute Gasteiger partial charge is 0.326 e. The molecule has 0 atom stereocenters. The van der Waals surface area contributed by atoms with Gasteiger partial charge in [-0.05, 0) is 24.3 Å². The summed E-state index contributed by atoms with van der Waals surface area (Å²) in [6.45, 7) is 0.284. The average Bonchev–Trinajstić information content (AvgIpc) is 2.69. The van der Waals surface area contributed by atoms with Gasteiger partial charge < -0.3 is 10.3 Å². The van der Waals surface area contributed by atoms with Crippen molar-refractivity contribution in [1.29, 1.82) is 0 Å². The molecule has 0 saturated carbocycles. The Bertz CT molecular complexity index is 466. The van der Waals surface area contributed by atoms with Gasteiger partial charge >= 0.3 is 0 Å². The summed E-state index contributed by atoms with van der Waals surface area (Å²) in [6.07, 6.45) is 3.65. The predicted octanol–water partition coefficient (Wildman–Crippen LogP) is 2.73. The van der Waals surface area contributed by atoms with Crippen molar-refractivity contribution >= 4 is 11.6 Å². The number of aromatic nitrogens is 1. The third-order valence-corrected chi connectivity index (χ3v) is 2.56. The van der Waals surface area contributed by atoms with E-state index in [4.69, 9.17) is 17.3 Å². The van der Waals surface area contributed by atoms with Gasteiger partial charge in [-0.15, -0.1) is 0 Å². The minimum absolute atomic E-state index is 0.284. The van der Waals surface area contributed by atoms with Crippen LogP contribution in [0.5, 0.6) is 0 Å². The van der Waals surface area contributed by atoms with Gasteiger partial charge in [0.05, 0.1) is 10.7 Å². The molecule has 0 saturated heterocycles. The van der Waals surface area contributed by atoms with E-state index in [0.717, 1.165) is 5.56 Å². The van der Waals surface area contributed by atoms with Gasteiger partial charge in [0.25, 0.3) is 0 Å². The standard InChI is InChI=1S/C11H10ClFN2/c12-10-5-8(13)6-11(9(10)7-14)15-3-1-2-4-15/h1-6H,7,14H2. The van der Waals surface area contributed by atoms with Crippen molar-refractivity contribution in [2.45, 2.75) is 6.54 Å². The summed E-state index contributed by atoms with van der Waals surface area (Å²) in [6, 6.07) is 6.42. The second-order valence-electron chi connectivity index (χ2n) is 3.18. The summed E-state index contributed by atoms with van der Waals surface area (Å²) in [5.41, 5.74) is 7.02. The topological polar surface area (TPSA) is 30.9 Å². The summed E-state index contributed by atoms with van der Waals surface area (Å²) < 4.78 is 15.0. The highest BCUT2D eigenvalue weighted by Crippen LogP contribution is 2.24. The molecule has 0 fully saturated rings. The Morgan fingerprint density at radius 2 is 1.93 bits per heavy atom. The minimum Gasteiger partial charge on any atom is -0.326 e. The zero-order valence-electron chi connectivity index (χ0n) is 7.95. The molecule has 78 valence electrons. The molecule has 2 N–H and O–H groups in total. The quantitative estimate of drug-likeness (QED) is 0.836. The van der Waals surface area contributed by atoms with E-state index in [1.807, 2.05) is 24.5 Å². The molecule has 4 heteroatoms. The van der Waals surface area contributed by atoms with Crippen LogP contribution in [0.2, 0.25) is 5.02 Å². The normalized spacial score (nSPS) is 10.6. The third kappa shape index (κ3) is 1.89.